The lowest BCUT2D eigenvalue weighted by molar-refractivity contribution is -0.0163. The van der Waals surface area contributed by atoms with Crippen LogP contribution in [0.1, 0.15) is 19.1 Å². The SMILES string of the molecule is Nc1ncnc2c1ccn2[C@H]1CCC(COP(=O)(O)S)O1. The van der Waals surface area contributed by atoms with Crippen molar-refractivity contribution in [1.82, 2.24) is 14.5 Å². The van der Waals surface area contributed by atoms with Gasteiger partial charge in [0.25, 0.3) is 0 Å². The van der Waals surface area contributed by atoms with Crippen LogP contribution in [-0.4, -0.2) is 32.1 Å². The first-order valence-corrected chi connectivity index (χ1v) is 9.09. The van der Waals surface area contributed by atoms with Gasteiger partial charge in [-0.2, -0.15) is 0 Å². The van der Waals surface area contributed by atoms with E-state index >= 15 is 0 Å². The van der Waals surface area contributed by atoms with Gasteiger partial charge in [0, 0.05) is 6.20 Å². The van der Waals surface area contributed by atoms with Crippen molar-refractivity contribution in [3.8, 4) is 0 Å². The Morgan fingerprint density at radius 3 is 3.14 bits per heavy atom. The molecule has 0 aromatic carbocycles. The van der Waals surface area contributed by atoms with Crippen LogP contribution in [0.15, 0.2) is 18.6 Å². The number of hydrogen-bond donors (Lipinski definition) is 3. The maximum absolute atomic E-state index is 11.0. The van der Waals surface area contributed by atoms with Crippen LogP contribution in [0.3, 0.4) is 0 Å². The van der Waals surface area contributed by atoms with Gasteiger partial charge in [-0.3, -0.25) is 4.52 Å². The van der Waals surface area contributed by atoms with Crippen molar-refractivity contribution in [1.29, 1.82) is 0 Å². The van der Waals surface area contributed by atoms with E-state index in [0.717, 1.165) is 18.2 Å². The lowest BCUT2D eigenvalue weighted by atomic mass is 10.2. The van der Waals surface area contributed by atoms with Gasteiger partial charge in [-0.25, -0.2) is 14.5 Å². The third kappa shape index (κ3) is 3.22. The Hall–Kier alpha value is -1.12. The van der Waals surface area contributed by atoms with Crippen LogP contribution in [0.5, 0.6) is 0 Å². The smallest absolute Gasteiger partial charge is 0.383 e. The Morgan fingerprint density at radius 2 is 2.38 bits per heavy atom. The molecule has 3 rings (SSSR count). The molecule has 1 saturated heterocycles. The van der Waals surface area contributed by atoms with Crippen LogP contribution in [0, 0.1) is 0 Å². The van der Waals surface area contributed by atoms with Crippen molar-refractivity contribution in [3.05, 3.63) is 18.6 Å². The molecule has 10 heteroatoms. The Labute approximate surface area is 126 Å². The molecular formula is C11H15N4O4PS. The van der Waals surface area contributed by atoms with Crippen LogP contribution in [-0.2, 0) is 13.8 Å². The summed E-state index contributed by atoms with van der Waals surface area (Å²) in [4.78, 5) is 17.2. The fraction of sp³-hybridized carbons (Fsp3) is 0.455. The number of anilines is 1. The van der Waals surface area contributed by atoms with Crippen molar-refractivity contribution < 1.29 is 18.7 Å². The zero-order valence-electron chi connectivity index (χ0n) is 11.0. The molecule has 8 nitrogen and oxygen atoms in total. The van der Waals surface area contributed by atoms with Crippen molar-refractivity contribution in [2.24, 2.45) is 0 Å². The predicted octanol–water partition coefficient (Wildman–Crippen LogP) is 1.74. The normalized spacial score (nSPS) is 25.2. The summed E-state index contributed by atoms with van der Waals surface area (Å²) in [6.07, 6.45) is 4.27. The summed E-state index contributed by atoms with van der Waals surface area (Å²) >= 11 is 3.47. The van der Waals surface area contributed by atoms with Gasteiger partial charge in [0.05, 0.1) is 18.1 Å². The second-order valence-electron chi connectivity index (χ2n) is 4.80. The molecule has 1 aliphatic rings. The van der Waals surface area contributed by atoms with Crippen molar-refractivity contribution in [2.75, 3.05) is 12.3 Å². The molecule has 0 amide bonds. The maximum Gasteiger partial charge on any atom is 0.383 e. The van der Waals surface area contributed by atoms with Crippen LogP contribution in [0.4, 0.5) is 5.82 Å². The summed E-state index contributed by atoms with van der Waals surface area (Å²) in [6, 6.07) is 1.84. The van der Waals surface area contributed by atoms with E-state index in [1.165, 1.54) is 6.33 Å². The predicted molar refractivity (Wildman–Crippen MR) is 79.8 cm³/mol. The summed E-state index contributed by atoms with van der Waals surface area (Å²) in [7, 11) is 0. The molecule has 3 atom stereocenters. The number of fused-ring (bicyclic) bond motifs is 1. The van der Waals surface area contributed by atoms with E-state index in [0.29, 0.717) is 11.5 Å². The Balaban J connectivity index is 1.73. The number of nitrogens with two attached hydrogens (primary N) is 1. The van der Waals surface area contributed by atoms with E-state index in [-0.39, 0.29) is 18.9 Å². The van der Waals surface area contributed by atoms with E-state index in [9.17, 15) is 4.57 Å². The Bertz CT molecular complexity index is 703. The zero-order valence-corrected chi connectivity index (χ0v) is 12.8. The van der Waals surface area contributed by atoms with E-state index in [4.69, 9.17) is 19.9 Å². The molecular weight excluding hydrogens is 315 g/mol. The highest BCUT2D eigenvalue weighted by molar-refractivity contribution is 8.44. The molecule has 2 aromatic heterocycles. The highest BCUT2D eigenvalue weighted by Crippen LogP contribution is 2.47. The molecule has 0 radical (unpaired) electrons. The fourth-order valence-corrected chi connectivity index (χ4v) is 2.98. The summed E-state index contributed by atoms with van der Waals surface area (Å²) < 4.78 is 23.5. The first-order chi connectivity index (χ1) is 9.94. The highest BCUT2D eigenvalue weighted by atomic mass is 32.7. The van der Waals surface area contributed by atoms with Crippen LogP contribution < -0.4 is 5.73 Å². The molecule has 0 bridgehead atoms. The molecule has 3 N–H and O–H groups in total. The topological polar surface area (TPSA) is 112 Å². The monoisotopic (exact) mass is 330 g/mol. The minimum atomic E-state index is -3.77. The van der Waals surface area contributed by atoms with E-state index in [1.54, 1.807) is 0 Å². The minimum Gasteiger partial charge on any atom is -0.383 e. The number of hydrogen-bond acceptors (Lipinski definition) is 6. The lowest BCUT2D eigenvalue weighted by Gasteiger charge is -2.16. The largest absolute Gasteiger partial charge is 0.383 e. The molecule has 21 heavy (non-hydrogen) atoms. The Kier molecular flexibility index (Phi) is 3.94. The van der Waals surface area contributed by atoms with Crippen molar-refractivity contribution >= 4 is 35.9 Å². The summed E-state index contributed by atoms with van der Waals surface area (Å²) in [6.45, 7) is -3.74. The quantitative estimate of drug-likeness (QED) is 0.578. The molecule has 0 saturated carbocycles. The molecule has 3 heterocycles. The maximum atomic E-state index is 11.0. The van der Waals surface area contributed by atoms with Crippen molar-refractivity contribution in [2.45, 2.75) is 25.2 Å². The van der Waals surface area contributed by atoms with Crippen molar-refractivity contribution in [3.63, 3.8) is 0 Å². The third-order valence-corrected chi connectivity index (χ3v) is 4.20. The second-order valence-corrected chi connectivity index (χ2v) is 7.55. The van der Waals surface area contributed by atoms with Gasteiger partial charge in [-0.05, 0) is 18.9 Å². The molecule has 114 valence electrons. The number of thiol groups is 1. The molecule has 0 spiro atoms. The first-order valence-electron chi connectivity index (χ1n) is 6.36. The van der Waals surface area contributed by atoms with E-state index in [2.05, 4.69) is 22.2 Å². The molecule has 2 aromatic rings. The summed E-state index contributed by atoms with van der Waals surface area (Å²) in [5.41, 5.74) is 6.50. The number of nitrogen functional groups attached to an aromatic ring is 1. The van der Waals surface area contributed by atoms with Gasteiger partial charge >= 0.3 is 6.80 Å². The number of ether oxygens (including phenoxy) is 1. The molecule has 1 fully saturated rings. The number of rotatable bonds is 4. The zero-order chi connectivity index (χ0) is 15.0. The van der Waals surface area contributed by atoms with E-state index in [1.807, 2.05) is 16.8 Å². The highest BCUT2D eigenvalue weighted by Gasteiger charge is 2.29. The number of nitrogens with zero attached hydrogens (tertiary/aromatic N) is 3. The van der Waals surface area contributed by atoms with Gasteiger partial charge in [0.1, 0.15) is 24.0 Å². The fourth-order valence-electron chi connectivity index (χ4n) is 2.42. The van der Waals surface area contributed by atoms with Crippen LogP contribution in [0.2, 0.25) is 0 Å². The molecule has 0 aliphatic carbocycles. The minimum absolute atomic E-state index is 0.0318. The third-order valence-electron chi connectivity index (χ3n) is 3.36. The standard InChI is InChI=1S/C11H15N4O4PS/c12-10-8-3-4-15(11(8)14-6-13-10)9-2-1-7(19-9)5-18-20(16,17)21/h3-4,6-7,9H,1-2,5H2,(H2,12,13,14)(H2,16,17,21)/t7?,9-/m1/s1. The van der Waals surface area contributed by atoms with Crippen LogP contribution >= 0.6 is 19.0 Å². The Morgan fingerprint density at radius 1 is 1.57 bits per heavy atom. The molecule has 2 unspecified atom stereocenters. The lowest BCUT2D eigenvalue weighted by Crippen LogP contribution is -2.15. The van der Waals surface area contributed by atoms with Gasteiger partial charge in [0.15, 0.2) is 0 Å². The number of aromatic nitrogens is 3. The second kappa shape index (κ2) is 5.58. The van der Waals surface area contributed by atoms with Gasteiger partial charge in [-0.1, -0.05) is 12.2 Å². The van der Waals surface area contributed by atoms with Gasteiger partial charge in [-0.15, -0.1) is 0 Å². The van der Waals surface area contributed by atoms with Gasteiger partial charge < -0.3 is 19.9 Å². The first kappa shape index (κ1) is 14.8. The van der Waals surface area contributed by atoms with E-state index < -0.39 is 6.80 Å². The van der Waals surface area contributed by atoms with Gasteiger partial charge in [0.2, 0.25) is 0 Å². The molecule has 1 aliphatic heterocycles. The summed E-state index contributed by atoms with van der Waals surface area (Å²) in [5.74, 6) is 0.424. The average molecular weight is 330 g/mol. The summed E-state index contributed by atoms with van der Waals surface area (Å²) in [5, 5.41) is 0.774. The average Bonchev–Trinajstić information content (AvgIpc) is 3.02. The van der Waals surface area contributed by atoms with Crippen LogP contribution in [0.25, 0.3) is 11.0 Å².